The molecule has 3 rings (SSSR count). The summed E-state index contributed by atoms with van der Waals surface area (Å²) in [7, 11) is 3.90. The molecule has 0 spiro atoms. The Hall–Kier alpha value is -2.73. The first-order chi connectivity index (χ1) is 11.7. The van der Waals surface area contributed by atoms with E-state index in [9.17, 15) is 0 Å². The van der Waals surface area contributed by atoms with Gasteiger partial charge in [0.2, 0.25) is 0 Å². The molecule has 0 radical (unpaired) electrons. The minimum Gasteiger partial charge on any atom is -0.334 e. The number of pyridine rings is 1. The molecule has 0 saturated carbocycles. The van der Waals surface area contributed by atoms with Gasteiger partial charge >= 0.3 is 0 Å². The number of anilines is 2. The molecule has 1 atom stereocenters. The van der Waals surface area contributed by atoms with Crippen LogP contribution in [-0.2, 0) is 6.42 Å². The van der Waals surface area contributed by atoms with Gasteiger partial charge in [0.05, 0.1) is 5.56 Å². The van der Waals surface area contributed by atoms with E-state index in [-0.39, 0.29) is 0 Å². The van der Waals surface area contributed by atoms with Crippen LogP contribution in [0.4, 0.5) is 11.5 Å². The molecular formula is C18H21N5O. The summed E-state index contributed by atoms with van der Waals surface area (Å²) in [5.41, 5.74) is 1.90. The zero-order chi connectivity index (χ0) is 16.9. The highest BCUT2D eigenvalue weighted by Crippen LogP contribution is 2.23. The first-order valence-corrected chi connectivity index (χ1v) is 7.92. The largest absolute Gasteiger partial charge is 0.334 e. The monoisotopic (exact) mass is 323 g/mol. The Morgan fingerprint density at radius 3 is 2.62 bits per heavy atom. The predicted octanol–water partition coefficient (Wildman–Crippen LogP) is 3.05. The normalized spacial score (nSPS) is 12.1. The summed E-state index contributed by atoms with van der Waals surface area (Å²) in [5.74, 6) is 2.04. The Balaban J connectivity index is 1.75. The second-order valence-electron chi connectivity index (χ2n) is 5.71. The van der Waals surface area contributed by atoms with Crippen molar-refractivity contribution in [2.75, 3.05) is 19.0 Å². The molecule has 0 aliphatic rings. The van der Waals surface area contributed by atoms with E-state index in [4.69, 9.17) is 4.52 Å². The second kappa shape index (κ2) is 7.23. The lowest BCUT2D eigenvalue weighted by atomic mass is 10.2. The molecule has 1 N–H and O–H groups in total. The summed E-state index contributed by atoms with van der Waals surface area (Å²) >= 11 is 0. The highest BCUT2D eigenvalue weighted by molar-refractivity contribution is 5.61. The molecule has 3 aromatic rings. The van der Waals surface area contributed by atoms with Crippen molar-refractivity contribution in [2.24, 2.45) is 0 Å². The zero-order valence-electron chi connectivity index (χ0n) is 14.1. The zero-order valence-corrected chi connectivity index (χ0v) is 14.1. The summed E-state index contributed by atoms with van der Waals surface area (Å²) < 4.78 is 5.34. The molecule has 0 aliphatic heterocycles. The Kier molecular flexibility index (Phi) is 4.86. The summed E-state index contributed by atoms with van der Waals surface area (Å²) in [6.45, 7) is 2.08. The Morgan fingerprint density at radius 1 is 1.17 bits per heavy atom. The van der Waals surface area contributed by atoms with E-state index in [1.165, 1.54) is 0 Å². The number of likely N-dealkylation sites (N-methyl/N-ethyl adjacent to an activating group) is 1. The number of nitrogens with zero attached hydrogens (tertiary/aromatic N) is 4. The van der Waals surface area contributed by atoms with Crippen LogP contribution in [0.15, 0.2) is 53.2 Å². The van der Waals surface area contributed by atoms with Crippen molar-refractivity contribution in [1.82, 2.24) is 20.4 Å². The van der Waals surface area contributed by atoms with Crippen LogP contribution >= 0.6 is 0 Å². The van der Waals surface area contributed by atoms with Gasteiger partial charge in [-0.3, -0.25) is 0 Å². The maximum absolute atomic E-state index is 5.34. The summed E-state index contributed by atoms with van der Waals surface area (Å²) in [6.07, 6.45) is 2.48. The maximum atomic E-state index is 5.34. The highest BCUT2D eigenvalue weighted by atomic mass is 16.5. The van der Waals surface area contributed by atoms with E-state index in [2.05, 4.69) is 27.4 Å². The quantitative estimate of drug-likeness (QED) is 0.752. The standard InChI is InChI=1S/C18H21N5O/c1-13(19-2)11-16-21-18(24-22-16)14-9-10-17(20-12-14)23(3)15-7-5-4-6-8-15/h4-10,12-13,19H,11H2,1-3H3. The molecular weight excluding hydrogens is 302 g/mol. The molecule has 2 heterocycles. The molecule has 0 aliphatic carbocycles. The van der Waals surface area contributed by atoms with Gasteiger partial charge in [0, 0.05) is 31.4 Å². The van der Waals surface area contributed by atoms with Crippen LogP contribution < -0.4 is 10.2 Å². The van der Waals surface area contributed by atoms with Crippen molar-refractivity contribution < 1.29 is 4.52 Å². The van der Waals surface area contributed by atoms with Crippen molar-refractivity contribution in [3.8, 4) is 11.5 Å². The minimum absolute atomic E-state index is 0.301. The molecule has 1 unspecified atom stereocenters. The smallest absolute Gasteiger partial charge is 0.259 e. The Bertz CT molecular complexity index is 770. The summed E-state index contributed by atoms with van der Waals surface area (Å²) in [6, 6.07) is 14.3. The van der Waals surface area contributed by atoms with Crippen LogP contribution in [0.2, 0.25) is 0 Å². The number of rotatable bonds is 6. The lowest BCUT2D eigenvalue weighted by Crippen LogP contribution is -2.24. The number of hydrogen-bond acceptors (Lipinski definition) is 6. The molecule has 1 aromatic carbocycles. The van der Waals surface area contributed by atoms with E-state index < -0.39 is 0 Å². The minimum atomic E-state index is 0.301. The van der Waals surface area contributed by atoms with Crippen LogP contribution in [0, 0.1) is 0 Å². The number of aromatic nitrogens is 3. The molecule has 6 heteroatoms. The van der Waals surface area contributed by atoms with Crippen molar-refractivity contribution in [3.05, 3.63) is 54.5 Å². The lowest BCUT2D eigenvalue weighted by molar-refractivity contribution is 0.418. The van der Waals surface area contributed by atoms with E-state index in [1.54, 1.807) is 6.20 Å². The van der Waals surface area contributed by atoms with Gasteiger partial charge in [-0.15, -0.1) is 0 Å². The molecule has 0 bridgehead atoms. The fourth-order valence-corrected chi connectivity index (χ4v) is 2.32. The van der Waals surface area contributed by atoms with Gasteiger partial charge in [0.1, 0.15) is 5.82 Å². The maximum Gasteiger partial charge on any atom is 0.259 e. The number of hydrogen-bond donors (Lipinski definition) is 1. The first-order valence-electron chi connectivity index (χ1n) is 7.92. The van der Waals surface area contributed by atoms with E-state index in [1.807, 2.05) is 61.5 Å². The highest BCUT2D eigenvalue weighted by Gasteiger charge is 2.12. The van der Waals surface area contributed by atoms with Gasteiger partial charge in [-0.05, 0) is 38.2 Å². The Morgan fingerprint density at radius 2 is 1.96 bits per heavy atom. The van der Waals surface area contributed by atoms with Gasteiger partial charge in [-0.1, -0.05) is 23.4 Å². The van der Waals surface area contributed by atoms with Crippen molar-refractivity contribution in [3.63, 3.8) is 0 Å². The summed E-state index contributed by atoms with van der Waals surface area (Å²) in [5, 5.41) is 7.18. The van der Waals surface area contributed by atoms with Gasteiger partial charge in [0.15, 0.2) is 5.82 Å². The van der Waals surface area contributed by atoms with Crippen molar-refractivity contribution in [1.29, 1.82) is 0 Å². The van der Waals surface area contributed by atoms with Crippen LogP contribution in [0.5, 0.6) is 0 Å². The van der Waals surface area contributed by atoms with Crippen molar-refractivity contribution >= 4 is 11.5 Å². The molecule has 124 valence electrons. The predicted molar refractivity (Wildman–Crippen MR) is 94.3 cm³/mol. The third kappa shape index (κ3) is 3.60. The van der Waals surface area contributed by atoms with Gasteiger partial charge < -0.3 is 14.7 Å². The van der Waals surface area contributed by atoms with Crippen LogP contribution in [0.1, 0.15) is 12.7 Å². The second-order valence-corrected chi connectivity index (χ2v) is 5.71. The topological polar surface area (TPSA) is 67.1 Å². The van der Waals surface area contributed by atoms with Crippen LogP contribution in [0.3, 0.4) is 0 Å². The van der Waals surface area contributed by atoms with Crippen LogP contribution in [-0.4, -0.2) is 35.3 Å². The van der Waals surface area contributed by atoms with Crippen molar-refractivity contribution in [2.45, 2.75) is 19.4 Å². The molecule has 0 saturated heterocycles. The average Bonchev–Trinajstić information content (AvgIpc) is 3.10. The summed E-state index contributed by atoms with van der Waals surface area (Å²) in [4.78, 5) is 11.0. The Labute approximate surface area is 141 Å². The third-order valence-electron chi connectivity index (χ3n) is 3.93. The SMILES string of the molecule is CNC(C)Cc1noc(-c2ccc(N(C)c3ccccc3)nc2)n1. The molecule has 2 aromatic heterocycles. The fourth-order valence-electron chi connectivity index (χ4n) is 2.32. The first kappa shape index (κ1) is 16.1. The number of para-hydroxylation sites is 1. The van der Waals surface area contributed by atoms with E-state index >= 15 is 0 Å². The van der Waals surface area contributed by atoms with Crippen LogP contribution in [0.25, 0.3) is 11.5 Å². The van der Waals surface area contributed by atoms with Gasteiger partial charge in [-0.25, -0.2) is 4.98 Å². The third-order valence-corrected chi connectivity index (χ3v) is 3.93. The lowest BCUT2D eigenvalue weighted by Gasteiger charge is -2.18. The van der Waals surface area contributed by atoms with Gasteiger partial charge in [-0.2, -0.15) is 4.98 Å². The fraction of sp³-hybridized carbons (Fsp3) is 0.278. The molecule has 24 heavy (non-hydrogen) atoms. The van der Waals surface area contributed by atoms with E-state index in [0.717, 1.165) is 23.5 Å². The number of nitrogens with one attached hydrogen (secondary N) is 1. The number of benzene rings is 1. The molecule has 6 nitrogen and oxygen atoms in total. The van der Waals surface area contributed by atoms with E-state index in [0.29, 0.717) is 17.8 Å². The molecule has 0 fully saturated rings. The van der Waals surface area contributed by atoms with Gasteiger partial charge in [0.25, 0.3) is 5.89 Å². The molecule has 0 amide bonds. The average molecular weight is 323 g/mol.